The van der Waals surface area contributed by atoms with Crippen LogP contribution in [0.15, 0.2) is 64.4 Å². The molecule has 0 spiro atoms. The number of nitrogens with zero attached hydrogens (tertiary/aromatic N) is 1. The lowest BCUT2D eigenvalue weighted by atomic mass is 10.2. The average Bonchev–Trinajstić information content (AvgIpc) is 3.18. The minimum atomic E-state index is -3.64. The summed E-state index contributed by atoms with van der Waals surface area (Å²) in [6, 6.07) is 15.9. The van der Waals surface area contributed by atoms with Gasteiger partial charge < -0.3 is 5.32 Å². The molecular weight excluding hydrogens is 380 g/mol. The number of sulfonamides is 1. The van der Waals surface area contributed by atoms with Gasteiger partial charge >= 0.3 is 0 Å². The Morgan fingerprint density at radius 3 is 2.56 bits per heavy atom. The Morgan fingerprint density at radius 1 is 1.15 bits per heavy atom. The topological polar surface area (TPSA) is 66.5 Å². The SMILES string of the molecule is Cc1ccc(SCCNC(=O)C2CCCN2S(=O)(=O)c2ccccc2)cc1. The molecule has 0 aliphatic carbocycles. The first-order valence-corrected chi connectivity index (χ1v) is 11.4. The van der Waals surface area contributed by atoms with Gasteiger partial charge in [-0.25, -0.2) is 8.42 Å². The molecule has 2 aromatic carbocycles. The molecule has 0 bridgehead atoms. The van der Waals surface area contributed by atoms with E-state index in [4.69, 9.17) is 0 Å². The number of aryl methyl sites for hydroxylation is 1. The zero-order chi connectivity index (χ0) is 19.3. The summed E-state index contributed by atoms with van der Waals surface area (Å²) in [4.78, 5) is 14.0. The molecule has 0 aromatic heterocycles. The van der Waals surface area contributed by atoms with Crippen LogP contribution in [0, 0.1) is 6.92 Å². The van der Waals surface area contributed by atoms with Crippen LogP contribution in [0.4, 0.5) is 0 Å². The Labute approximate surface area is 165 Å². The van der Waals surface area contributed by atoms with Gasteiger partial charge in [-0.3, -0.25) is 4.79 Å². The number of benzene rings is 2. The van der Waals surface area contributed by atoms with Crippen molar-refractivity contribution < 1.29 is 13.2 Å². The van der Waals surface area contributed by atoms with Crippen LogP contribution in [0.2, 0.25) is 0 Å². The van der Waals surface area contributed by atoms with Gasteiger partial charge in [0.1, 0.15) is 6.04 Å². The highest BCUT2D eigenvalue weighted by atomic mass is 32.2. The van der Waals surface area contributed by atoms with Crippen LogP contribution in [-0.2, 0) is 14.8 Å². The van der Waals surface area contributed by atoms with E-state index in [0.717, 1.165) is 10.6 Å². The second kappa shape index (κ2) is 8.91. The van der Waals surface area contributed by atoms with Crippen LogP contribution in [-0.4, -0.2) is 43.5 Å². The van der Waals surface area contributed by atoms with Gasteiger partial charge in [0.15, 0.2) is 0 Å². The van der Waals surface area contributed by atoms with E-state index in [1.807, 2.05) is 6.92 Å². The average molecular weight is 405 g/mol. The third-order valence-electron chi connectivity index (χ3n) is 4.55. The number of rotatable bonds is 7. The summed E-state index contributed by atoms with van der Waals surface area (Å²) in [5.74, 6) is 0.531. The molecular formula is C20H24N2O3S2. The Balaban J connectivity index is 1.55. The van der Waals surface area contributed by atoms with Crippen molar-refractivity contribution in [1.29, 1.82) is 0 Å². The highest BCUT2D eigenvalue weighted by Gasteiger charge is 2.39. The van der Waals surface area contributed by atoms with Gasteiger partial charge in [0.25, 0.3) is 0 Å². The van der Waals surface area contributed by atoms with Crippen LogP contribution >= 0.6 is 11.8 Å². The molecule has 1 aliphatic rings. The smallest absolute Gasteiger partial charge is 0.243 e. The van der Waals surface area contributed by atoms with Gasteiger partial charge in [-0.15, -0.1) is 11.8 Å². The molecule has 0 radical (unpaired) electrons. The van der Waals surface area contributed by atoms with Crippen LogP contribution in [0.25, 0.3) is 0 Å². The fourth-order valence-electron chi connectivity index (χ4n) is 3.11. The first kappa shape index (κ1) is 19.9. The van der Waals surface area contributed by atoms with Crippen molar-refractivity contribution in [1.82, 2.24) is 9.62 Å². The van der Waals surface area contributed by atoms with Crippen molar-refractivity contribution in [2.45, 2.75) is 35.6 Å². The highest BCUT2D eigenvalue weighted by Crippen LogP contribution is 2.26. The van der Waals surface area contributed by atoms with E-state index in [-0.39, 0.29) is 10.8 Å². The van der Waals surface area contributed by atoms with E-state index in [9.17, 15) is 13.2 Å². The summed E-state index contributed by atoms with van der Waals surface area (Å²) in [5, 5.41) is 2.89. The fourth-order valence-corrected chi connectivity index (χ4v) is 5.56. The maximum atomic E-state index is 12.8. The zero-order valence-corrected chi connectivity index (χ0v) is 16.9. The highest BCUT2D eigenvalue weighted by molar-refractivity contribution is 7.99. The second-order valence-corrected chi connectivity index (χ2v) is 9.60. The number of carbonyl (C=O) groups excluding carboxylic acids is 1. The summed E-state index contributed by atoms with van der Waals surface area (Å²) in [7, 11) is -3.64. The number of nitrogens with one attached hydrogen (secondary N) is 1. The van der Waals surface area contributed by atoms with E-state index in [2.05, 4.69) is 29.6 Å². The van der Waals surface area contributed by atoms with Crippen molar-refractivity contribution in [3.8, 4) is 0 Å². The molecule has 0 saturated carbocycles. The predicted octanol–water partition coefficient (Wildman–Crippen LogP) is 3.06. The molecule has 1 saturated heterocycles. The lowest BCUT2D eigenvalue weighted by Gasteiger charge is -2.23. The molecule has 5 nitrogen and oxygen atoms in total. The number of carbonyl (C=O) groups is 1. The molecule has 1 unspecified atom stereocenters. The summed E-state index contributed by atoms with van der Waals surface area (Å²) in [6.07, 6.45) is 1.26. The monoisotopic (exact) mass is 404 g/mol. The van der Waals surface area contributed by atoms with Crippen molar-refractivity contribution in [3.63, 3.8) is 0 Å². The van der Waals surface area contributed by atoms with E-state index in [0.29, 0.717) is 25.9 Å². The maximum Gasteiger partial charge on any atom is 0.243 e. The van der Waals surface area contributed by atoms with E-state index < -0.39 is 16.1 Å². The quantitative estimate of drug-likeness (QED) is 0.569. The summed E-state index contributed by atoms with van der Waals surface area (Å²) in [6.45, 7) is 2.94. The third-order valence-corrected chi connectivity index (χ3v) is 7.48. The molecule has 1 aliphatic heterocycles. The van der Waals surface area contributed by atoms with Crippen molar-refractivity contribution in [2.75, 3.05) is 18.8 Å². The molecule has 27 heavy (non-hydrogen) atoms. The molecule has 144 valence electrons. The second-order valence-electron chi connectivity index (χ2n) is 6.54. The number of hydrogen-bond donors (Lipinski definition) is 1. The Morgan fingerprint density at radius 2 is 1.85 bits per heavy atom. The molecule has 1 amide bonds. The minimum absolute atomic E-state index is 0.212. The zero-order valence-electron chi connectivity index (χ0n) is 15.3. The Bertz CT molecular complexity index is 868. The van der Waals surface area contributed by atoms with Crippen LogP contribution in [0.3, 0.4) is 0 Å². The van der Waals surface area contributed by atoms with Crippen LogP contribution in [0.5, 0.6) is 0 Å². The first-order valence-electron chi connectivity index (χ1n) is 9.02. The van der Waals surface area contributed by atoms with Gasteiger partial charge in [-0.05, 0) is 44.0 Å². The predicted molar refractivity (Wildman–Crippen MR) is 108 cm³/mol. The largest absolute Gasteiger partial charge is 0.354 e. The van der Waals surface area contributed by atoms with Crippen molar-refractivity contribution in [2.24, 2.45) is 0 Å². The summed E-state index contributed by atoms with van der Waals surface area (Å²) in [5.41, 5.74) is 1.22. The number of hydrogen-bond acceptors (Lipinski definition) is 4. The van der Waals surface area contributed by atoms with E-state index in [1.54, 1.807) is 42.1 Å². The Hall–Kier alpha value is -1.83. The van der Waals surface area contributed by atoms with Gasteiger partial charge in [0.05, 0.1) is 4.90 Å². The molecule has 2 aromatic rings. The summed E-state index contributed by atoms with van der Waals surface area (Å²) < 4.78 is 27.0. The van der Waals surface area contributed by atoms with Crippen LogP contribution < -0.4 is 5.32 Å². The van der Waals surface area contributed by atoms with Gasteiger partial charge in [0.2, 0.25) is 15.9 Å². The number of amides is 1. The molecule has 1 heterocycles. The van der Waals surface area contributed by atoms with Gasteiger partial charge in [-0.2, -0.15) is 4.31 Å². The van der Waals surface area contributed by atoms with Gasteiger partial charge in [0, 0.05) is 23.7 Å². The standard InChI is InChI=1S/C20H24N2O3S2/c1-16-9-11-17(12-10-16)26-15-13-21-20(23)19-8-5-14-22(19)27(24,25)18-6-3-2-4-7-18/h2-4,6-7,9-12,19H,5,8,13-15H2,1H3,(H,21,23). The lowest BCUT2D eigenvalue weighted by molar-refractivity contribution is -0.124. The molecule has 3 rings (SSSR count). The lowest BCUT2D eigenvalue weighted by Crippen LogP contribution is -2.46. The Kier molecular flexibility index (Phi) is 6.57. The van der Waals surface area contributed by atoms with E-state index >= 15 is 0 Å². The molecule has 7 heteroatoms. The van der Waals surface area contributed by atoms with Crippen molar-refractivity contribution in [3.05, 3.63) is 60.2 Å². The van der Waals surface area contributed by atoms with Crippen molar-refractivity contribution >= 4 is 27.7 Å². The molecule has 1 fully saturated rings. The van der Waals surface area contributed by atoms with E-state index in [1.165, 1.54) is 9.87 Å². The van der Waals surface area contributed by atoms with Crippen LogP contribution in [0.1, 0.15) is 18.4 Å². The fraction of sp³-hybridized carbons (Fsp3) is 0.350. The first-order chi connectivity index (χ1) is 13.0. The summed E-state index contributed by atoms with van der Waals surface area (Å²) >= 11 is 1.67. The third kappa shape index (κ3) is 4.91. The maximum absolute atomic E-state index is 12.8. The van der Waals surface area contributed by atoms with Gasteiger partial charge in [-0.1, -0.05) is 35.9 Å². The normalized spacial score (nSPS) is 17.7. The minimum Gasteiger partial charge on any atom is -0.354 e. The number of thioether (sulfide) groups is 1. The molecule has 1 N–H and O–H groups in total. The molecule has 1 atom stereocenters.